The van der Waals surface area contributed by atoms with Gasteiger partial charge in [0.1, 0.15) is 17.0 Å². The highest BCUT2D eigenvalue weighted by molar-refractivity contribution is 9.10. The van der Waals surface area contributed by atoms with Gasteiger partial charge in [-0.05, 0) is 34.1 Å². The Morgan fingerprint density at radius 1 is 1.30 bits per heavy atom. The highest BCUT2D eigenvalue weighted by atomic mass is 79.9. The van der Waals surface area contributed by atoms with Gasteiger partial charge in [-0.3, -0.25) is 10.1 Å². The molecule has 0 aliphatic carbocycles. The first-order chi connectivity index (χ1) is 11.2. The Balaban J connectivity index is 1.57. The molecule has 114 valence electrons. The summed E-state index contributed by atoms with van der Waals surface area (Å²) >= 11 is 4.66. The first-order valence-electron chi connectivity index (χ1n) is 6.79. The van der Waals surface area contributed by atoms with Gasteiger partial charge < -0.3 is 9.40 Å². The number of carbonyl (C=O) groups is 1. The predicted octanol–water partition coefficient (Wildman–Crippen LogP) is 4.90. The number of benzene rings is 1. The van der Waals surface area contributed by atoms with Crippen LogP contribution in [-0.4, -0.2) is 15.9 Å². The molecule has 2 N–H and O–H groups in total. The van der Waals surface area contributed by atoms with E-state index in [4.69, 9.17) is 4.42 Å². The number of anilines is 1. The molecule has 1 aromatic carbocycles. The van der Waals surface area contributed by atoms with E-state index in [-0.39, 0.29) is 5.91 Å². The number of halogens is 1. The van der Waals surface area contributed by atoms with E-state index in [1.165, 1.54) is 11.3 Å². The molecule has 0 atom stereocenters. The Kier molecular flexibility index (Phi) is 3.51. The number of nitrogens with one attached hydrogen (secondary N) is 2. The van der Waals surface area contributed by atoms with Gasteiger partial charge >= 0.3 is 0 Å². The van der Waals surface area contributed by atoms with Crippen molar-refractivity contribution in [3.05, 3.63) is 58.1 Å². The molecule has 0 saturated heterocycles. The number of aromatic nitrogens is 2. The fourth-order valence-electron chi connectivity index (χ4n) is 2.22. The molecule has 4 rings (SSSR count). The van der Waals surface area contributed by atoms with Crippen LogP contribution in [0.2, 0.25) is 0 Å². The van der Waals surface area contributed by atoms with Crippen molar-refractivity contribution in [3.63, 3.8) is 0 Å². The number of para-hydroxylation sites is 1. The summed E-state index contributed by atoms with van der Waals surface area (Å²) in [7, 11) is 0. The minimum atomic E-state index is -0.235. The number of aromatic amines is 1. The van der Waals surface area contributed by atoms with Crippen LogP contribution < -0.4 is 5.32 Å². The normalized spacial score (nSPS) is 11.0. The maximum absolute atomic E-state index is 12.1. The summed E-state index contributed by atoms with van der Waals surface area (Å²) in [5.41, 5.74) is 1.99. The molecule has 0 bridgehead atoms. The molecule has 3 heterocycles. The van der Waals surface area contributed by atoms with E-state index in [1.807, 2.05) is 35.7 Å². The molecular weight excluding hydrogens is 378 g/mol. The van der Waals surface area contributed by atoms with Crippen molar-refractivity contribution in [2.75, 3.05) is 5.32 Å². The van der Waals surface area contributed by atoms with E-state index in [2.05, 4.69) is 31.2 Å². The van der Waals surface area contributed by atoms with Crippen molar-refractivity contribution in [1.29, 1.82) is 0 Å². The number of furan rings is 1. The molecule has 3 aromatic heterocycles. The lowest BCUT2D eigenvalue weighted by atomic mass is 10.2. The van der Waals surface area contributed by atoms with Crippen LogP contribution in [0.5, 0.6) is 0 Å². The molecule has 1 amide bonds. The molecule has 0 aliphatic rings. The molecule has 0 spiro atoms. The maximum Gasteiger partial charge on any atom is 0.273 e. The molecule has 5 nitrogen and oxygen atoms in total. The highest BCUT2D eigenvalue weighted by Crippen LogP contribution is 2.30. The molecular formula is C16H10BrN3O2S. The third-order valence-corrected chi connectivity index (χ3v) is 4.51. The lowest BCUT2D eigenvalue weighted by Crippen LogP contribution is -2.11. The van der Waals surface area contributed by atoms with E-state index in [0.29, 0.717) is 22.3 Å². The van der Waals surface area contributed by atoms with Gasteiger partial charge in [0.05, 0.1) is 0 Å². The number of amides is 1. The minimum absolute atomic E-state index is 0.235. The average Bonchev–Trinajstić information content (AvgIpc) is 3.25. The van der Waals surface area contributed by atoms with E-state index >= 15 is 0 Å². The van der Waals surface area contributed by atoms with Crippen molar-refractivity contribution >= 4 is 49.3 Å². The number of H-pyrrole nitrogens is 1. The molecule has 0 aliphatic heterocycles. The minimum Gasteiger partial charge on any atom is -0.454 e. The predicted molar refractivity (Wildman–Crippen MR) is 93.8 cm³/mol. The quantitative estimate of drug-likeness (QED) is 0.525. The smallest absolute Gasteiger partial charge is 0.273 e. The molecule has 4 aromatic rings. The summed E-state index contributed by atoms with van der Waals surface area (Å²) < 4.78 is 6.60. The standard InChI is InChI=1S/C16H10BrN3O2S/c17-10-6-11(18-7-10)15(21)20-16-19-12(8-23-16)14-5-9-3-1-2-4-13(9)22-14/h1-8,18H,(H,19,20,21). The SMILES string of the molecule is O=C(Nc1nc(-c2cc3ccccc3o2)cs1)c1cc(Br)c[nH]1. The van der Waals surface area contributed by atoms with Crippen molar-refractivity contribution in [2.45, 2.75) is 0 Å². The van der Waals surface area contributed by atoms with E-state index in [1.54, 1.807) is 12.3 Å². The van der Waals surface area contributed by atoms with Crippen molar-refractivity contribution in [2.24, 2.45) is 0 Å². The van der Waals surface area contributed by atoms with Crippen LogP contribution in [-0.2, 0) is 0 Å². The zero-order valence-corrected chi connectivity index (χ0v) is 14.1. The summed E-state index contributed by atoms with van der Waals surface area (Å²) in [5, 5.41) is 6.18. The molecule has 0 saturated carbocycles. The molecule has 0 fully saturated rings. The third-order valence-electron chi connectivity index (χ3n) is 3.30. The Morgan fingerprint density at radius 2 is 2.17 bits per heavy atom. The summed E-state index contributed by atoms with van der Waals surface area (Å²) in [5.74, 6) is 0.451. The first kappa shape index (κ1) is 14.2. The van der Waals surface area contributed by atoms with Crippen LogP contribution in [0.25, 0.3) is 22.4 Å². The van der Waals surface area contributed by atoms with Crippen molar-refractivity contribution in [3.8, 4) is 11.5 Å². The number of nitrogens with zero attached hydrogens (tertiary/aromatic N) is 1. The van der Waals surface area contributed by atoms with Gasteiger partial charge in [-0.15, -0.1) is 11.3 Å². The van der Waals surface area contributed by atoms with Crippen LogP contribution in [0.1, 0.15) is 10.5 Å². The van der Waals surface area contributed by atoms with Gasteiger partial charge in [-0.2, -0.15) is 0 Å². The topological polar surface area (TPSA) is 70.9 Å². The second kappa shape index (κ2) is 5.68. The number of rotatable bonds is 3. The third kappa shape index (κ3) is 2.80. The average molecular weight is 388 g/mol. The monoisotopic (exact) mass is 387 g/mol. The number of carbonyl (C=O) groups excluding carboxylic acids is 1. The first-order valence-corrected chi connectivity index (χ1v) is 8.46. The van der Waals surface area contributed by atoms with Gasteiger partial charge in [-0.25, -0.2) is 4.98 Å². The largest absolute Gasteiger partial charge is 0.454 e. The molecule has 23 heavy (non-hydrogen) atoms. The lowest BCUT2D eigenvalue weighted by Gasteiger charge is -1.97. The maximum atomic E-state index is 12.1. The number of hydrogen-bond acceptors (Lipinski definition) is 4. The lowest BCUT2D eigenvalue weighted by molar-refractivity contribution is 0.102. The van der Waals surface area contributed by atoms with Gasteiger partial charge in [-0.1, -0.05) is 18.2 Å². The zero-order chi connectivity index (χ0) is 15.8. The van der Waals surface area contributed by atoms with E-state index in [9.17, 15) is 4.79 Å². The van der Waals surface area contributed by atoms with E-state index < -0.39 is 0 Å². The van der Waals surface area contributed by atoms with Crippen LogP contribution in [0.4, 0.5) is 5.13 Å². The number of thiazole rings is 1. The second-order valence-electron chi connectivity index (χ2n) is 4.87. The summed E-state index contributed by atoms with van der Waals surface area (Å²) in [4.78, 5) is 19.4. The van der Waals surface area contributed by atoms with Crippen molar-refractivity contribution in [1.82, 2.24) is 9.97 Å². The second-order valence-corrected chi connectivity index (χ2v) is 6.65. The van der Waals surface area contributed by atoms with E-state index in [0.717, 1.165) is 15.4 Å². The van der Waals surface area contributed by atoms with Gasteiger partial charge in [0, 0.05) is 21.4 Å². The fraction of sp³-hybridized carbons (Fsp3) is 0. The van der Waals surface area contributed by atoms with Crippen LogP contribution >= 0.6 is 27.3 Å². The molecule has 0 unspecified atom stereocenters. The Labute approximate surface area is 143 Å². The number of fused-ring (bicyclic) bond motifs is 1. The van der Waals surface area contributed by atoms with Crippen LogP contribution in [0, 0.1) is 0 Å². The number of hydrogen-bond donors (Lipinski definition) is 2. The van der Waals surface area contributed by atoms with Crippen LogP contribution in [0.3, 0.4) is 0 Å². The van der Waals surface area contributed by atoms with Gasteiger partial charge in [0.25, 0.3) is 5.91 Å². The van der Waals surface area contributed by atoms with Gasteiger partial charge in [0.2, 0.25) is 0 Å². The Bertz CT molecular complexity index is 969. The summed E-state index contributed by atoms with van der Waals surface area (Å²) in [6.07, 6.45) is 1.70. The summed E-state index contributed by atoms with van der Waals surface area (Å²) in [6.45, 7) is 0. The van der Waals surface area contributed by atoms with Crippen molar-refractivity contribution < 1.29 is 9.21 Å². The Morgan fingerprint density at radius 3 is 2.96 bits per heavy atom. The summed E-state index contributed by atoms with van der Waals surface area (Å²) in [6, 6.07) is 11.4. The highest BCUT2D eigenvalue weighted by Gasteiger charge is 2.13. The zero-order valence-electron chi connectivity index (χ0n) is 11.7. The fourth-order valence-corrected chi connectivity index (χ4v) is 3.25. The molecule has 0 radical (unpaired) electrons. The molecule has 7 heteroatoms. The van der Waals surface area contributed by atoms with Crippen LogP contribution in [0.15, 0.2) is 56.9 Å². The van der Waals surface area contributed by atoms with Gasteiger partial charge in [0.15, 0.2) is 10.9 Å². The Hall–Kier alpha value is -2.38.